The average Bonchev–Trinajstić information content (AvgIpc) is 3.13. The van der Waals surface area contributed by atoms with Crippen molar-refractivity contribution in [3.63, 3.8) is 0 Å². The summed E-state index contributed by atoms with van der Waals surface area (Å²) in [6.45, 7) is 1.37. The Balaban J connectivity index is 1.48. The summed E-state index contributed by atoms with van der Waals surface area (Å²) >= 11 is 1.25. The lowest BCUT2D eigenvalue weighted by Crippen LogP contribution is -2.50. The molecule has 1 saturated heterocycles. The molecule has 0 spiro atoms. The number of thiazole rings is 1. The van der Waals surface area contributed by atoms with Gasteiger partial charge in [0, 0.05) is 50.2 Å². The molecule has 0 atom stereocenters. The minimum absolute atomic E-state index is 0.0509. The Labute approximate surface area is 171 Å². The molecule has 29 heavy (non-hydrogen) atoms. The second-order valence-corrected chi connectivity index (χ2v) is 9.42. The number of aromatic nitrogens is 2. The Kier molecular flexibility index (Phi) is 6.45. The molecule has 0 aromatic carbocycles. The number of hydrogen-bond acceptors (Lipinski definition) is 7. The number of pyridine rings is 1. The molecule has 0 saturated carbocycles. The zero-order chi connectivity index (χ0) is 21.0. The van der Waals surface area contributed by atoms with Gasteiger partial charge in [-0.15, -0.1) is 11.3 Å². The number of nitrogens with zero attached hydrogens (tertiary/aromatic N) is 3. The molecule has 1 aliphatic rings. The number of aromatic amines is 1. The van der Waals surface area contributed by atoms with Gasteiger partial charge in [0.25, 0.3) is 5.91 Å². The molecule has 3 rings (SSSR count). The average molecular weight is 440 g/mol. The first-order valence-corrected chi connectivity index (χ1v) is 11.6. The molecule has 2 amide bonds. The van der Waals surface area contributed by atoms with E-state index < -0.39 is 10.0 Å². The molecule has 1 aliphatic heterocycles. The summed E-state index contributed by atoms with van der Waals surface area (Å²) in [5, 5.41) is 4.84. The maximum atomic E-state index is 12.4. The van der Waals surface area contributed by atoms with Gasteiger partial charge in [-0.25, -0.2) is 13.4 Å². The summed E-state index contributed by atoms with van der Waals surface area (Å²) in [7, 11) is -3.22. The first-order valence-electron chi connectivity index (χ1n) is 8.90. The van der Waals surface area contributed by atoms with Gasteiger partial charge in [0.15, 0.2) is 5.13 Å². The van der Waals surface area contributed by atoms with Crippen molar-refractivity contribution in [1.29, 1.82) is 0 Å². The smallest absolute Gasteiger partial charge is 0.258 e. The Hall–Kier alpha value is -2.57. The topological polar surface area (TPSA) is 133 Å². The molecule has 10 nitrogen and oxygen atoms in total. The van der Waals surface area contributed by atoms with Crippen molar-refractivity contribution in [3.05, 3.63) is 45.3 Å². The largest absolute Gasteiger partial charge is 0.340 e. The summed E-state index contributed by atoms with van der Waals surface area (Å²) in [6.07, 6.45) is 3.18. The van der Waals surface area contributed by atoms with Crippen molar-refractivity contribution in [2.45, 2.75) is 12.8 Å². The lowest BCUT2D eigenvalue weighted by atomic mass is 10.2. The standard InChI is InChI=1S/C17H21N5O5S2/c1-29(26,27)22-8-6-21(7-9-22)15(24)5-3-13-11-28-17(19-13)20-16(25)12-2-4-14(23)18-10-12/h2,4,10-11H,3,5-9H2,1H3,(H,18,23)(H,19,20,25). The minimum atomic E-state index is -3.22. The van der Waals surface area contributed by atoms with Crippen LogP contribution in [-0.2, 0) is 21.2 Å². The van der Waals surface area contributed by atoms with E-state index in [2.05, 4.69) is 15.3 Å². The molecular formula is C17H21N5O5S2. The van der Waals surface area contributed by atoms with E-state index in [0.29, 0.717) is 49.0 Å². The molecule has 156 valence electrons. The van der Waals surface area contributed by atoms with Gasteiger partial charge < -0.3 is 9.88 Å². The molecular weight excluding hydrogens is 418 g/mol. The van der Waals surface area contributed by atoms with Crippen LogP contribution in [0.5, 0.6) is 0 Å². The monoisotopic (exact) mass is 439 g/mol. The van der Waals surface area contributed by atoms with E-state index >= 15 is 0 Å². The van der Waals surface area contributed by atoms with Crippen molar-refractivity contribution in [1.82, 2.24) is 19.2 Å². The molecule has 12 heteroatoms. The van der Waals surface area contributed by atoms with E-state index in [-0.39, 0.29) is 23.8 Å². The molecule has 2 aromatic heterocycles. The highest BCUT2D eigenvalue weighted by molar-refractivity contribution is 7.88. The summed E-state index contributed by atoms with van der Waals surface area (Å²) in [6, 6.07) is 2.69. The van der Waals surface area contributed by atoms with Gasteiger partial charge in [-0.3, -0.25) is 19.7 Å². The SMILES string of the molecule is CS(=O)(=O)N1CCN(C(=O)CCc2csc(NC(=O)c3ccc(=O)[nH]c3)n2)CC1. The number of rotatable bonds is 6. The summed E-state index contributed by atoms with van der Waals surface area (Å²) < 4.78 is 24.4. The lowest BCUT2D eigenvalue weighted by Gasteiger charge is -2.33. The van der Waals surface area contributed by atoms with Crippen LogP contribution in [0.15, 0.2) is 28.5 Å². The highest BCUT2D eigenvalue weighted by atomic mass is 32.2. The van der Waals surface area contributed by atoms with Gasteiger partial charge in [-0.1, -0.05) is 0 Å². The maximum Gasteiger partial charge on any atom is 0.258 e. The highest BCUT2D eigenvalue weighted by Gasteiger charge is 2.25. The Morgan fingerprint density at radius 2 is 1.97 bits per heavy atom. The van der Waals surface area contributed by atoms with Crippen LogP contribution in [0.3, 0.4) is 0 Å². The van der Waals surface area contributed by atoms with Crippen LogP contribution in [0.25, 0.3) is 0 Å². The zero-order valence-electron chi connectivity index (χ0n) is 15.8. The second-order valence-electron chi connectivity index (χ2n) is 6.58. The van der Waals surface area contributed by atoms with Gasteiger partial charge in [0.05, 0.1) is 17.5 Å². The molecule has 2 N–H and O–H groups in total. The Bertz CT molecular complexity index is 1030. The predicted molar refractivity (Wildman–Crippen MR) is 108 cm³/mol. The van der Waals surface area contributed by atoms with Crippen molar-refractivity contribution in [2.24, 2.45) is 0 Å². The number of H-pyrrole nitrogens is 1. The number of sulfonamides is 1. The maximum absolute atomic E-state index is 12.4. The molecule has 0 aliphatic carbocycles. The van der Waals surface area contributed by atoms with Gasteiger partial charge in [-0.05, 0) is 12.5 Å². The van der Waals surface area contributed by atoms with E-state index in [1.165, 1.54) is 40.2 Å². The molecule has 0 bridgehead atoms. The number of carbonyl (C=O) groups is 2. The number of amides is 2. The first-order chi connectivity index (χ1) is 13.7. The number of carbonyl (C=O) groups excluding carboxylic acids is 2. The number of aryl methyl sites for hydroxylation is 1. The van der Waals surface area contributed by atoms with E-state index in [1.54, 1.807) is 10.3 Å². The summed E-state index contributed by atoms with van der Waals surface area (Å²) in [5.74, 6) is -0.438. The van der Waals surface area contributed by atoms with Crippen LogP contribution in [0.2, 0.25) is 0 Å². The van der Waals surface area contributed by atoms with Crippen LogP contribution in [-0.4, -0.2) is 71.8 Å². The van der Waals surface area contributed by atoms with Crippen LogP contribution >= 0.6 is 11.3 Å². The van der Waals surface area contributed by atoms with Gasteiger partial charge >= 0.3 is 0 Å². The number of hydrogen-bond donors (Lipinski definition) is 2. The van der Waals surface area contributed by atoms with Crippen molar-refractivity contribution < 1.29 is 18.0 Å². The van der Waals surface area contributed by atoms with Crippen molar-refractivity contribution >= 4 is 38.3 Å². The van der Waals surface area contributed by atoms with Crippen LogP contribution < -0.4 is 10.9 Å². The van der Waals surface area contributed by atoms with E-state index in [4.69, 9.17) is 0 Å². The molecule has 0 radical (unpaired) electrons. The van der Waals surface area contributed by atoms with Crippen LogP contribution in [0.4, 0.5) is 5.13 Å². The molecule has 1 fully saturated rings. The normalized spacial score (nSPS) is 15.3. The minimum Gasteiger partial charge on any atom is -0.340 e. The van der Waals surface area contributed by atoms with Gasteiger partial charge in [0.1, 0.15) is 0 Å². The zero-order valence-corrected chi connectivity index (χ0v) is 17.4. The lowest BCUT2D eigenvalue weighted by molar-refractivity contribution is -0.132. The van der Waals surface area contributed by atoms with Gasteiger partial charge in [-0.2, -0.15) is 4.31 Å². The van der Waals surface area contributed by atoms with E-state index in [0.717, 1.165) is 0 Å². The fourth-order valence-electron chi connectivity index (χ4n) is 2.86. The first kappa shape index (κ1) is 21.1. The van der Waals surface area contributed by atoms with Crippen LogP contribution in [0.1, 0.15) is 22.5 Å². The third-order valence-corrected chi connectivity index (χ3v) is 6.58. The number of anilines is 1. The van der Waals surface area contributed by atoms with Crippen molar-refractivity contribution in [3.8, 4) is 0 Å². The third kappa shape index (κ3) is 5.71. The molecule has 2 aromatic rings. The van der Waals surface area contributed by atoms with Gasteiger partial charge in [0.2, 0.25) is 21.5 Å². The summed E-state index contributed by atoms with van der Waals surface area (Å²) in [4.78, 5) is 43.9. The second kappa shape index (κ2) is 8.84. The Morgan fingerprint density at radius 3 is 2.59 bits per heavy atom. The Morgan fingerprint density at radius 1 is 1.24 bits per heavy atom. The quantitative estimate of drug-likeness (QED) is 0.657. The number of nitrogens with one attached hydrogen (secondary N) is 2. The van der Waals surface area contributed by atoms with E-state index in [1.807, 2.05) is 0 Å². The van der Waals surface area contributed by atoms with Crippen LogP contribution in [0, 0.1) is 0 Å². The van der Waals surface area contributed by atoms with E-state index in [9.17, 15) is 22.8 Å². The highest BCUT2D eigenvalue weighted by Crippen LogP contribution is 2.18. The number of piperazine rings is 1. The fraction of sp³-hybridized carbons (Fsp3) is 0.412. The molecule has 0 unspecified atom stereocenters. The summed E-state index contributed by atoms with van der Waals surface area (Å²) in [5.41, 5.74) is 0.708. The third-order valence-electron chi connectivity index (χ3n) is 4.47. The van der Waals surface area contributed by atoms with Crippen molar-refractivity contribution in [2.75, 3.05) is 37.8 Å². The molecule has 3 heterocycles. The predicted octanol–water partition coefficient (Wildman–Crippen LogP) is 0.120. The fourth-order valence-corrected chi connectivity index (χ4v) is 4.43.